The lowest BCUT2D eigenvalue weighted by Gasteiger charge is -2.08. The fraction of sp³-hybridized carbons (Fsp3) is 0.0870. The third-order valence-electron chi connectivity index (χ3n) is 4.56. The number of aromatic nitrogens is 2. The summed E-state index contributed by atoms with van der Waals surface area (Å²) in [5, 5.41) is 8.81. The number of aromatic amines is 1. The lowest BCUT2D eigenvalue weighted by atomic mass is 10.2. The topological polar surface area (TPSA) is 98.9 Å². The zero-order valence-corrected chi connectivity index (χ0v) is 17.2. The predicted octanol–water partition coefficient (Wildman–Crippen LogP) is 5.03. The number of carbonyl (C=O) groups is 2. The molecule has 0 aliphatic heterocycles. The van der Waals surface area contributed by atoms with Crippen molar-refractivity contribution >= 4 is 45.9 Å². The molecule has 4 N–H and O–H groups in total. The van der Waals surface area contributed by atoms with Gasteiger partial charge in [0.15, 0.2) is 0 Å². The highest BCUT2D eigenvalue weighted by Gasteiger charge is 2.10. The average molecular weight is 434 g/mol. The van der Waals surface area contributed by atoms with Gasteiger partial charge in [0.1, 0.15) is 5.82 Å². The van der Waals surface area contributed by atoms with Gasteiger partial charge in [0.2, 0.25) is 5.91 Å². The normalized spacial score (nSPS) is 10.6. The number of nitrogens with one attached hydrogen (secondary N) is 4. The molecule has 156 valence electrons. The van der Waals surface area contributed by atoms with Crippen LogP contribution in [0.4, 0.5) is 16.2 Å². The second-order valence-corrected chi connectivity index (χ2v) is 7.25. The summed E-state index contributed by atoms with van der Waals surface area (Å²) in [7, 11) is 0. The van der Waals surface area contributed by atoms with Crippen LogP contribution in [0.15, 0.2) is 72.8 Å². The van der Waals surface area contributed by atoms with Crippen molar-refractivity contribution in [3.63, 3.8) is 0 Å². The zero-order chi connectivity index (χ0) is 21.6. The number of anilines is 2. The molecule has 0 saturated heterocycles. The number of hydrogen-bond donors (Lipinski definition) is 4. The maximum atomic E-state index is 12.2. The molecule has 0 bridgehead atoms. The molecular formula is C23H20ClN5O2. The molecule has 0 saturated carbocycles. The summed E-state index contributed by atoms with van der Waals surface area (Å²) in [5.41, 5.74) is 3.69. The predicted molar refractivity (Wildman–Crippen MR) is 123 cm³/mol. The van der Waals surface area contributed by atoms with Crippen molar-refractivity contribution in [3.05, 3.63) is 77.8 Å². The van der Waals surface area contributed by atoms with E-state index < -0.39 is 0 Å². The molecule has 31 heavy (non-hydrogen) atoms. The number of hydrogen-bond acceptors (Lipinski definition) is 3. The minimum Gasteiger partial charge on any atom is -0.338 e. The molecule has 0 atom stereocenters. The Morgan fingerprint density at radius 1 is 0.903 bits per heavy atom. The highest BCUT2D eigenvalue weighted by molar-refractivity contribution is 6.33. The van der Waals surface area contributed by atoms with Gasteiger partial charge in [-0.05, 0) is 42.5 Å². The molecule has 0 aliphatic carbocycles. The molecule has 0 radical (unpaired) electrons. The van der Waals surface area contributed by atoms with Gasteiger partial charge in [-0.25, -0.2) is 9.78 Å². The van der Waals surface area contributed by atoms with Gasteiger partial charge in [0, 0.05) is 29.9 Å². The Kier molecular flexibility index (Phi) is 6.14. The van der Waals surface area contributed by atoms with Gasteiger partial charge < -0.3 is 20.9 Å². The zero-order valence-electron chi connectivity index (χ0n) is 16.5. The van der Waals surface area contributed by atoms with Gasteiger partial charge >= 0.3 is 6.03 Å². The van der Waals surface area contributed by atoms with Gasteiger partial charge in [-0.15, -0.1) is 0 Å². The first-order valence-electron chi connectivity index (χ1n) is 9.73. The van der Waals surface area contributed by atoms with Crippen molar-refractivity contribution in [1.29, 1.82) is 0 Å². The van der Waals surface area contributed by atoms with E-state index in [-0.39, 0.29) is 24.9 Å². The Morgan fingerprint density at radius 3 is 2.48 bits per heavy atom. The molecule has 3 aromatic carbocycles. The van der Waals surface area contributed by atoms with Crippen LogP contribution in [0.3, 0.4) is 0 Å². The van der Waals surface area contributed by atoms with E-state index in [0.717, 1.165) is 16.6 Å². The van der Waals surface area contributed by atoms with E-state index in [1.165, 1.54) is 0 Å². The van der Waals surface area contributed by atoms with Gasteiger partial charge in [-0.2, -0.15) is 0 Å². The van der Waals surface area contributed by atoms with E-state index in [0.29, 0.717) is 22.2 Å². The number of H-pyrrole nitrogens is 1. The van der Waals surface area contributed by atoms with Crippen LogP contribution in [-0.2, 0) is 4.79 Å². The van der Waals surface area contributed by atoms with Gasteiger partial charge in [-0.3, -0.25) is 4.79 Å². The summed E-state index contributed by atoms with van der Waals surface area (Å²) in [6, 6.07) is 21.6. The Balaban J connectivity index is 1.32. The van der Waals surface area contributed by atoms with E-state index in [2.05, 4.69) is 25.9 Å². The second-order valence-electron chi connectivity index (χ2n) is 6.84. The number of imidazole rings is 1. The highest BCUT2D eigenvalue weighted by Crippen LogP contribution is 2.28. The van der Waals surface area contributed by atoms with Crippen LogP contribution in [0.2, 0.25) is 5.02 Å². The second kappa shape index (κ2) is 9.32. The van der Waals surface area contributed by atoms with Crippen molar-refractivity contribution in [2.75, 3.05) is 17.2 Å². The first kappa shape index (κ1) is 20.4. The number of nitrogens with zero attached hydrogens (tertiary/aromatic N) is 1. The molecule has 7 nitrogen and oxygen atoms in total. The number of carbonyl (C=O) groups excluding carboxylic acids is 2. The van der Waals surface area contributed by atoms with E-state index in [9.17, 15) is 9.59 Å². The number of amides is 3. The molecule has 8 heteroatoms. The van der Waals surface area contributed by atoms with Gasteiger partial charge in [-0.1, -0.05) is 41.9 Å². The Hall–Kier alpha value is -3.84. The molecule has 3 amide bonds. The average Bonchev–Trinajstić information content (AvgIpc) is 3.18. The molecule has 0 aliphatic rings. The van der Waals surface area contributed by atoms with Crippen LogP contribution < -0.4 is 16.0 Å². The molecule has 1 aromatic heterocycles. The summed E-state index contributed by atoms with van der Waals surface area (Å²) in [6.45, 7) is 0.216. The van der Waals surface area contributed by atoms with E-state index >= 15 is 0 Å². The lowest BCUT2D eigenvalue weighted by Crippen LogP contribution is -2.31. The first-order chi connectivity index (χ1) is 15.1. The molecular weight excluding hydrogens is 414 g/mol. The van der Waals surface area contributed by atoms with Crippen molar-refractivity contribution in [3.8, 4) is 11.4 Å². The molecule has 1 heterocycles. The number of rotatable bonds is 6. The fourth-order valence-electron chi connectivity index (χ4n) is 3.08. The Morgan fingerprint density at radius 2 is 1.68 bits per heavy atom. The lowest BCUT2D eigenvalue weighted by molar-refractivity contribution is -0.116. The maximum Gasteiger partial charge on any atom is 0.319 e. The monoisotopic (exact) mass is 433 g/mol. The minimum atomic E-state index is -0.356. The molecule has 0 fully saturated rings. The van der Waals surface area contributed by atoms with Gasteiger partial charge in [0.05, 0.1) is 16.1 Å². The Labute approximate surface area is 183 Å². The van der Waals surface area contributed by atoms with Crippen molar-refractivity contribution < 1.29 is 9.59 Å². The third kappa shape index (κ3) is 5.21. The fourth-order valence-corrected chi connectivity index (χ4v) is 3.30. The van der Waals surface area contributed by atoms with E-state index in [4.69, 9.17) is 11.6 Å². The molecule has 0 spiro atoms. The smallest absolute Gasteiger partial charge is 0.319 e. The number of halogens is 1. The van der Waals surface area contributed by atoms with E-state index in [1.54, 1.807) is 18.2 Å². The SMILES string of the molecule is O=C(CCNC(=O)Nc1ccccc1)Nc1ccc2nc(-c3ccccc3Cl)[nH]c2c1. The highest BCUT2D eigenvalue weighted by atomic mass is 35.5. The van der Waals surface area contributed by atoms with E-state index in [1.807, 2.05) is 54.6 Å². The third-order valence-corrected chi connectivity index (χ3v) is 4.89. The molecule has 4 rings (SSSR count). The van der Waals surface area contributed by atoms with Crippen molar-refractivity contribution in [1.82, 2.24) is 15.3 Å². The summed E-state index contributed by atoms with van der Waals surface area (Å²) in [4.78, 5) is 31.9. The number of urea groups is 1. The Bertz CT molecular complexity index is 1220. The van der Waals surface area contributed by atoms with Crippen LogP contribution >= 0.6 is 11.6 Å². The quantitative estimate of drug-likeness (QED) is 0.343. The summed E-state index contributed by atoms with van der Waals surface area (Å²) >= 11 is 6.25. The first-order valence-corrected chi connectivity index (χ1v) is 10.1. The number of para-hydroxylation sites is 1. The maximum absolute atomic E-state index is 12.2. The standard InChI is InChI=1S/C23H20ClN5O2/c24-18-9-5-4-8-17(18)22-28-19-11-10-16(14-20(19)29-22)26-21(30)12-13-25-23(31)27-15-6-2-1-3-7-15/h1-11,14H,12-13H2,(H,26,30)(H,28,29)(H2,25,27,31). The van der Waals surface area contributed by atoms with Crippen LogP contribution in [0, 0.1) is 0 Å². The molecule has 0 unspecified atom stereocenters. The van der Waals surface area contributed by atoms with Crippen LogP contribution in [0.5, 0.6) is 0 Å². The summed E-state index contributed by atoms with van der Waals surface area (Å²) < 4.78 is 0. The summed E-state index contributed by atoms with van der Waals surface area (Å²) in [6.07, 6.45) is 0.147. The van der Waals surface area contributed by atoms with Crippen LogP contribution in [0.25, 0.3) is 22.4 Å². The molecule has 4 aromatic rings. The van der Waals surface area contributed by atoms with Crippen LogP contribution in [-0.4, -0.2) is 28.5 Å². The number of fused-ring (bicyclic) bond motifs is 1. The largest absolute Gasteiger partial charge is 0.338 e. The van der Waals surface area contributed by atoms with Crippen LogP contribution in [0.1, 0.15) is 6.42 Å². The summed E-state index contributed by atoms with van der Waals surface area (Å²) in [5.74, 6) is 0.461. The number of benzene rings is 3. The van der Waals surface area contributed by atoms with Gasteiger partial charge in [0.25, 0.3) is 0 Å². The van der Waals surface area contributed by atoms with Crippen molar-refractivity contribution in [2.24, 2.45) is 0 Å². The minimum absolute atomic E-state index is 0.147. The van der Waals surface area contributed by atoms with Crippen molar-refractivity contribution in [2.45, 2.75) is 6.42 Å².